The molecular formula is C16H14Cl2O. The monoisotopic (exact) mass is 292 g/mol. The number of aryl methyl sites for hydroxylation is 1. The van der Waals surface area contributed by atoms with Crippen LogP contribution in [0, 0.1) is 6.92 Å². The maximum Gasteiger partial charge on any atom is 0.229 e. The zero-order valence-corrected chi connectivity index (χ0v) is 12.1. The number of carbonyl (C=O) groups is 1. The molecule has 1 nitrogen and oxygen atoms in total. The van der Waals surface area contributed by atoms with E-state index >= 15 is 0 Å². The minimum Gasteiger partial charge on any atom is -0.281 e. The van der Waals surface area contributed by atoms with Crippen molar-refractivity contribution < 1.29 is 4.79 Å². The van der Waals surface area contributed by atoms with E-state index in [1.165, 1.54) is 0 Å². The number of halogens is 2. The number of rotatable bonds is 4. The maximum absolute atomic E-state index is 11.7. The van der Waals surface area contributed by atoms with E-state index in [-0.39, 0.29) is 5.24 Å². The first-order valence-corrected chi connectivity index (χ1v) is 6.83. The predicted octanol–water partition coefficient (Wildman–Crippen LogP) is 4.74. The highest BCUT2D eigenvalue weighted by molar-refractivity contribution is 6.64. The number of benzene rings is 2. The fraction of sp³-hybridized carbons (Fsp3) is 0.188. The minimum atomic E-state index is -0.405. The molecule has 0 bridgehead atoms. The highest BCUT2D eigenvalue weighted by Crippen LogP contribution is 2.29. The van der Waals surface area contributed by atoms with E-state index in [1.807, 2.05) is 43.3 Å². The number of hydrogen-bond donors (Lipinski definition) is 0. The molecule has 0 heterocycles. The summed E-state index contributed by atoms with van der Waals surface area (Å²) in [4.78, 5) is 11.7. The largest absolute Gasteiger partial charge is 0.281 e. The van der Waals surface area contributed by atoms with Crippen molar-refractivity contribution in [1.29, 1.82) is 0 Å². The molecule has 0 saturated carbocycles. The van der Waals surface area contributed by atoms with Crippen LogP contribution in [-0.2, 0) is 11.2 Å². The fourth-order valence-electron chi connectivity index (χ4n) is 2.14. The van der Waals surface area contributed by atoms with Crippen LogP contribution in [0.1, 0.15) is 22.6 Å². The molecule has 0 aliphatic carbocycles. The van der Waals surface area contributed by atoms with E-state index in [1.54, 1.807) is 6.07 Å². The second kappa shape index (κ2) is 6.23. The zero-order chi connectivity index (χ0) is 13.8. The Bertz CT molecular complexity index is 593. The van der Waals surface area contributed by atoms with Crippen molar-refractivity contribution in [3.8, 4) is 0 Å². The van der Waals surface area contributed by atoms with Crippen molar-refractivity contribution in [3.63, 3.8) is 0 Å². The summed E-state index contributed by atoms with van der Waals surface area (Å²) in [5.74, 6) is -0.405. The van der Waals surface area contributed by atoms with Gasteiger partial charge in [0.05, 0.1) is 5.92 Å². The Hall–Kier alpha value is -1.31. The summed E-state index contributed by atoms with van der Waals surface area (Å²) in [6.45, 7) is 2.02. The van der Waals surface area contributed by atoms with Gasteiger partial charge in [-0.15, -0.1) is 0 Å². The molecule has 2 aromatic carbocycles. The van der Waals surface area contributed by atoms with Crippen molar-refractivity contribution in [1.82, 2.24) is 0 Å². The molecular weight excluding hydrogens is 279 g/mol. The van der Waals surface area contributed by atoms with Gasteiger partial charge in [-0.3, -0.25) is 4.79 Å². The smallest absolute Gasteiger partial charge is 0.229 e. The normalized spacial score (nSPS) is 12.2. The third kappa shape index (κ3) is 3.59. The molecule has 0 aromatic heterocycles. The summed E-state index contributed by atoms with van der Waals surface area (Å²) < 4.78 is 0. The lowest BCUT2D eigenvalue weighted by Crippen LogP contribution is -2.11. The van der Waals surface area contributed by atoms with Crippen molar-refractivity contribution in [2.45, 2.75) is 19.3 Å². The standard InChI is InChI=1S/C16H14Cl2O/c1-11-5-4-6-12(9-11)10-14(16(18)19)13-7-2-3-8-15(13)17/h2-9,14H,10H2,1H3. The molecule has 98 valence electrons. The summed E-state index contributed by atoms with van der Waals surface area (Å²) >= 11 is 11.9. The lowest BCUT2D eigenvalue weighted by atomic mass is 9.92. The van der Waals surface area contributed by atoms with Gasteiger partial charge in [0.2, 0.25) is 5.24 Å². The van der Waals surface area contributed by atoms with E-state index in [0.29, 0.717) is 11.4 Å². The van der Waals surface area contributed by atoms with Crippen LogP contribution in [0.3, 0.4) is 0 Å². The van der Waals surface area contributed by atoms with Crippen LogP contribution in [0.15, 0.2) is 48.5 Å². The van der Waals surface area contributed by atoms with Gasteiger partial charge in [-0.25, -0.2) is 0 Å². The van der Waals surface area contributed by atoms with E-state index < -0.39 is 5.92 Å². The summed E-state index contributed by atoms with van der Waals surface area (Å²) in [5.41, 5.74) is 3.03. The van der Waals surface area contributed by atoms with Crippen molar-refractivity contribution in [2.75, 3.05) is 0 Å². The van der Waals surface area contributed by atoms with Gasteiger partial charge < -0.3 is 0 Å². The first-order valence-electron chi connectivity index (χ1n) is 6.07. The summed E-state index contributed by atoms with van der Waals surface area (Å²) in [6, 6.07) is 15.4. The maximum atomic E-state index is 11.7. The molecule has 1 atom stereocenters. The second-order valence-electron chi connectivity index (χ2n) is 4.57. The molecule has 1 unspecified atom stereocenters. The van der Waals surface area contributed by atoms with Gasteiger partial charge in [0, 0.05) is 5.02 Å². The van der Waals surface area contributed by atoms with Crippen molar-refractivity contribution in [3.05, 3.63) is 70.2 Å². The van der Waals surface area contributed by atoms with Gasteiger partial charge in [-0.1, -0.05) is 59.6 Å². The lowest BCUT2D eigenvalue weighted by molar-refractivity contribution is -0.113. The highest BCUT2D eigenvalue weighted by Gasteiger charge is 2.21. The van der Waals surface area contributed by atoms with Crippen molar-refractivity contribution in [2.24, 2.45) is 0 Å². The van der Waals surface area contributed by atoms with Crippen LogP contribution in [0.2, 0.25) is 5.02 Å². The molecule has 0 N–H and O–H groups in total. The lowest BCUT2D eigenvalue weighted by Gasteiger charge is -2.15. The predicted molar refractivity (Wildman–Crippen MR) is 79.9 cm³/mol. The van der Waals surface area contributed by atoms with E-state index in [0.717, 1.165) is 16.7 Å². The Morgan fingerprint density at radius 1 is 1.16 bits per heavy atom. The Kier molecular flexibility index (Phi) is 4.62. The second-order valence-corrected chi connectivity index (χ2v) is 5.35. The summed E-state index contributed by atoms with van der Waals surface area (Å²) in [6.07, 6.45) is 0.563. The SMILES string of the molecule is Cc1cccc(CC(C(=O)Cl)c2ccccc2Cl)c1. The number of carbonyl (C=O) groups excluding carboxylic acids is 1. The molecule has 0 aliphatic rings. The Morgan fingerprint density at radius 2 is 1.89 bits per heavy atom. The Labute approximate surface area is 123 Å². The van der Waals surface area contributed by atoms with Gasteiger partial charge in [0.25, 0.3) is 0 Å². The van der Waals surface area contributed by atoms with Crippen LogP contribution in [-0.4, -0.2) is 5.24 Å². The fourth-order valence-corrected chi connectivity index (χ4v) is 2.61. The molecule has 2 aromatic rings. The van der Waals surface area contributed by atoms with Gasteiger partial charge in [0.15, 0.2) is 0 Å². The van der Waals surface area contributed by atoms with Gasteiger partial charge in [-0.05, 0) is 42.1 Å². The molecule has 0 fully saturated rings. The Balaban J connectivity index is 2.32. The third-order valence-electron chi connectivity index (χ3n) is 3.08. The molecule has 19 heavy (non-hydrogen) atoms. The van der Waals surface area contributed by atoms with Crippen LogP contribution in [0.4, 0.5) is 0 Å². The summed E-state index contributed by atoms with van der Waals surface area (Å²) in [7, 11) is 0. The first-order chi connectivity index (χ1) is 9.08. The van der Waals surface area contributed by atoms with E-state index in [2.05, 4.69) is 6.07 Å². The zero-order valence-electron chi connectivity index (χ0n) is 10.6. The molecule has 0 aliphatic heterocycles. The van der Waals surface area contributed by atoms with Gasteiger partial charge in [0.1, 0.15) is 0 Å². The minimum absolute atomic E-state index is 0.380. The van der Waals surface area contributed by atoms with Crippen molar-refractivity contribution >= 4 is 28.4 Å². The van der Waals surface area contributed by atoms with Crippen LogP contribution < -0.4 is 0 Å². The first kappa shape index (κ1) is 14.1. The third-order valence-corrected chi connectivity index (χ3v) is 3.68. The van der Waals surface area contributed by atoms with E-state index in [9.17, 15) is 4.79 Å². The van der Waals surface area contributed by atoms with Gasteiger partial charge >= 0.3 is 0 Å². The van der Waals surface area contributed by atoms with Crippen LogP contribution >= 0.6 is 23.2 Å². The van der Waals surface area contributed by atoms with Crippen LogP contribution in [0.5, 0.6) is 0 Å². The Morgan fingerprint density at radius 3 is 2.53 bits per heavy atom. The summed E-state index contributed by atoms with van der Waals surface area (Å²) in [5, 5.41) is 0.198. The molecule has 3 heteroatoms. The molecule has 0 spiro atoms. The molecule has 0 saturated heterocycles. The molecule has 0 radical (unpaired) electrons. The van der Waals surface area contributed by atoms with Crippen LogP contribution in [0.25, 0.3) is 0 Å². The average molecular weight is 293 g/mol. The van der Waals surface area contributed by atoms with Gasteiger partial charge in [-0.2, -0.15) is 0 Å². The molecule has 2 rings (SSSR count). The highest BCUT2D eigenvalue weighted by atomic mass is 35.5. The number of hydrogen-bond acceptors (Lipinski definition) is 1. The van der Waals surface area contributed by atoms with E-state index in [4.69, 9.17) is 23.2 Å². The topological polar surface area (TPSA) is 17.1 Å². The molecule has 0 amide bonds. The quantitative estimate of drug-likeness (QED) is 0.744. The average Bonchev–Trinajstić information content (AvgIpc) is 2.37.